The maximum absolute atomic E-state index is 12.6. The number of amides is 1. The Morgan fingerprint density at radius 1 is 1.50 bits per heavy atom. The van der Waals surface area contributed by atoms with Crippen molar-refractivity contribution in [2.24, 2.45) is 0 Å². The van der Waals surface area contributed by atoms with Gasteiger partial charge in [-0.3, -0.25) is 4.79 Å². The minimum absolute atomic E-state index is 0.250. The molecule has 0 saturated carbocycles. The van der Waals surface area contributed by atoms with Gasteiger partial charge in [-0.1, -0.05) is 6.07 Å². The van der Waals surface area contributed by atoms with Crippen LogP contribution in [0.5, 0.6) is 0 Å². The highest BCUT2D eigenvalue weighted by atomic mass is 19.1. The Labute approximate surface area is 89.7 Å². The standard InChI is InChI=1S/C9H9FN2O4/c10-7-3-1-2-5(11-7)8(14)12-6(4-13)9(15)16/h1-3,6,13H,4H2,(H,12,14)(H,15,16). The SMILES string of the molecule is O=C(NC(CO)C(=O)O)c1cccc(F)n1. The van der Waals surface area contributed by atoms with Gasteiger partial charge in [0.15, 0.2) is 6.04 Å². The van der Waals surface area contributed by atoms with Crippen molar-refractivity contribution in [3.8, 4) is 0 Å². The van der Waals surface area contributed by atoms with Gasteiger partial charge in [0.25, 0.3) is 5.91 Å². The minimum atomic E-state index is -1.43. The van der Waals surface area contributed by atoms with Crippen LogP contribution in [0.15, 0.2) is 18.2 Å². The molecule has 6 nitrogen and oxygen atoms in total. The van der Waals surface area contributed by atoms with Gasteiger partial charge >= 0.3 is 5.97 Å². The third-order valence-corrected chi connectivity index (χ3v) is 1.73. The van der Waals surface area contributed by atoms with Gasteiger partial charge in [-0.05, 0) is 12.1 Å². The van der Waals surface area contributed by atoms with Crippen molar-refractivity contribution in [2.75, 3.05) is 6.61 Å². The maximum Gasteiger partial charge on any atom is 0.328 e. The third-order valence-electron chi connectivity index (χ3n) is 1.73. The molecule has 0 aliphatic carbocycles. The minimum Gasteiger partial charge on any atom is -0.480 e. The fourth-order valence-electron chi connectivity index (χ4n) is 0.952. The van der Waals surface area contributed by atoms with Crippen LogP contribution in [0.1, 0.15) is 10.5 Å². The van der Waals surface area contributed by atoms with Crippen molar-refractivity contribution in [2.45, 2.75) is 6.04 Å². The first-order chi connectivity index (χ1) is 7.54. The number of pyridine rings is 1. The molecule has 1 rings (SSSR count). The van der Waals surface area contributed by atoms with Gasteiger partial charge in [0, 0.05) is 0 Å². The number of hydrogen-bond donors (Lipinski definition) is 3. The van der Waals surface area contributed by atoms with Gasteiger partial charge in [-0.2, -0.15) is 4.39 Å². The highest BCUT2D eigenvalue weighted by molar-refractivity contribution is 5.94. The van der Waals surface area contributed by atoms with Crippen LogP contribution < -0.4 is 5.32 Å². The number of aliphatic hydroxyl groups excluding tert-OH is 1. The van der Waals surface area contributed by atoms with Gasteiger partial charge in [-0.15, -0.1) is 0 Å². The van der Waals surface area contributed by atoms with E-state index in [2.05, 4.69) is 4.98 Å². The Hall–Kier alpha value is -2.02. The summed E-state index contributed by atoms with van der Waals surface area (Å²) in [5.41, 5.74) is -0.250. The predicted octanol–water partition coefficient (Wildman–Crippen LogP) is -0.604. The second-order valence-corrected chi connectivity index (χ2v) is 2.89. The van der Waals surface area contributed by atoms with E-state index in [9.17, 15) is 14.0 Å². The molecule has 0 aromatic carbocycles. The quantitative estimate of drug-likeness (QED) is 0.597. The summed E-state index contributed by atoms with van der Waals surface area (Å²) in [6.45, 7) is -0.754. The van der Waals surface area contributed by atoms with E-state index in [1.807, 2.05) is 5.32 Å². The number of halogens is 1. The number of nitrogens with one attached hydrogen (secondary N) is 1. The zero-order valence-corrected chi connectivity index (χ0v) is 8.05. The van der Waals surface area contributed by atoms with Gasteiger partial charge in [0.1, 0.15) is 5.69 Å². The zero-order chi connectivity index (χ0) is 12.1. The van der Waals surface area contributed by atoms with E-state index in [-0.39, 0.29) is 5.69 Å². The topological polar surface area (TPSA) is 99.5 Å². The number of carbonyl (C=O) groups excluding carboxylic acids is 1. The van der Waals surface area contributed by atoms with Gasteiger partial charge in [0.05, 0.1) is 6.61 Å². The molecule has 0 radical (unpaired) electrons. The molecule has 0 bridgehead atoms. The molecule has 0 fully saturated rings. The van der Waals surface area contributed by atoms with E-state index in [0.29, 0.717) is 0 Å². The molecular weight excluding hydrogens is 219 g/mol. The Bertz CT molecular complexity index is 410. The summed E-state index contributed by atoms with van der Waals surface area (Å²) in [6, 6.07) is 2.12. The van der Waals surface area contributed by atoms with Gasteiger partial charge < -0.3 is 15.5 Å². The number of aliphatic hydroxyl groups is 1. The highest BCUT2D eigenvalue weighted by Gasteiger charge is 2.20. The van der Waals surface area contributed by atoms with Gasteiger partial charge in [-0.25, -0.2) is 9.78 Å². The van der Waals surface area contributed by atoms with E-state index in [4.69, 9.17) is 10.2 Å². The highest BCUT2D eigenvalue weighted by Crippen LogP contribution is 1.98. The molecule has 1 unspecified atom stereocenters. The van der Waals surface area contributed by atoms with Crippen molar-refractivity contribution in [3.63, 3.8) is 0 Å². The van der Waals surface area contributed by atoms with Gasteiger partial charge in [0.2, 0.25) is 5.95 Å². The average molecular weight is 228 g/mol. The van der Waals surface area contributed by atoms with Crippen LogP contribution in [-0.2, 0) is 4.79 Å². The normalized spacial score (nSPS) is 11.9. The maximum atomic E-state index is 12.6. The first-order valence-corrected chi connectivity index (χ1v) is 4.31. The lowest BCUT2D eigenvalue weighted by Gasteiger charge is -2.10. The van der Waals surface area contributed by atoms with Crippen molar-refractivity contribution in [1.29, 1.82) is 0 Å². The first-order valence-electron chi connectivity index (χ1n) is 4.31. The molecule has 86 valence electrons. The van der Waals surface area contributed by atoms with Crippen LogP contribution in [0.25, 0.3) is 0 Å². The van der Waals surface area contributed by atoms with Crippen LogP contribution in [0.2, 0.25) is 0 Å². The molecular formula is C9H9FN2O4. The lowest BCUT2D eigenvalue weighted by molar-refractivity contribution is -0.140. The van der Waals surface area contributed by atoms with Crippen LogP contribution in [0, 0.1) is 5.95 Å². The average Bonchev–Trinajstić information content (AvgIpc) is 2.25. The first kappa shape index (κ1) is 12.1. The van der Waals surface area contributed by atoms with Crippen LogP contribution in [0.3, 0.4) is 0 Å². The second kappa shape index (κ2) is 5.17. The lowest BCUT2D eigenvalue weighted by Crippen LogP contribution is -2.43. The monoisotopic (exact) mass is 228 g/mol. The number of carboxylic acid groups (broad SMARTS) is 1. The molecule has 0 aliphatic heterocycles. The summed E-state index contributed by atoms with van der Waals surface area (Å²) in [7, 11) is 0. The summed E-state index contributed by atoms with van der Waals surface area (Å²) in [4.78, 5) is 25.1. The fraction of sp³-hybridized carbons (Fsp3) is 0.222. The molecule has 3 N–H and O–H groups in total. The van der Waals surface area contributed by atoms with Crippen molar-refractivity contribution < 1.29 is 24.2 Å². The molecule has 1 heterocycles. The molecule has 1 amide bonds. The smallest absolute Gasteiger partial charge is 0.328 e. The Morgan fingerprint density at radius 2 is 2.19 bits per heavy atom. The van der Waals surface area contributed by atoms with E-state index in [0.717, 1.165) is 6.07 Å². The summed E-state index contributed by atoms with van der Waals surface area (Å²) in [6.07, 6.45) is 0. The summed E-state index contributed by atoms with van der Waals surface area (Å²) in [5.74, 6) is -3.09. The molecule has 1 aromatic rings. The number of aliphatic carboxylic acids is 1. The van der Waals surface area contributed by atoms with Crippen molar-refractivity contribution >= 4 is 11.9 Å². The van der Waals surface area contributed by atoms with E-state index < -0.39 is 30.5 Å². The molecule has 1 aromatic heterocycles. The van der Waals surface area contributed by atoms with Crippen molar-refractivity contribution in [1.82, 2.24) is 10.3 Å². The molecule has 16 heavy (non-hydrogen) atoms. The van der Waals surface area contributed by atoms with Crippen molar-refractivity contribution in [3.05, 3.63) is 29.8 Å². The van der Waals surface area contributed by atoms with Crippen LogP contribution >= 0.6 is 0 Å². The number of aromatic nitrogens is 1. The lowest BCUT2D eigenvalue weighted by atomic mass is 10.3. The molecule has 7 heteroatoms. The largest absolute Gasteiger partial charge is 0.480 e. The van der Waals surface area contributed by atoms with E-state index >= 15 is 0 Å². The second-order valence-electron chi connectivity index (χ2n) is 2.89. The third kappa shape index (κ3) is 2.99. The molecule has 0 spiro atoms. The Kier molecular flexibility index (Phi) is 3.90. The summed E-state index contributed by atoms with van der Waals surface area (Å²) >= 11 is 0. The Morgan fingerprint density at radius 3 is 2.69 bits per heavy atom. The predicted molar refractivity (Wildman–Crippen MR) is 50.2 cm³/mol. The van der Waals surface area contributed by atoms with Crippen LogP contribution in [-0.4, -0.2) is 39.7 Å². The summed E-state index contributed by atoms with van der Waals surface area (Å²) in [5, 5.41) is 19.2. The number of carbonyl (C=O) groups is 2. The number of rotatable bonds is 4. The number of carboxylic acids is 1. The number of hydrogen-bond acceptors (Lipinski definition) is 4. The zero-order valence-electron chi connectivity index (χ0n) is 8.05. The van der Waals surface area contributed by atoms with E-state index in [1.165, 1.54) is 12.1 Å². The Balaban J connectivity index is 2.75. The molecule has 0 aliphatic rings. The number of nitrogens with zero attached hydrogens (tertiary/aromatic N) is 1. The summed E-state index contributed by atoms with van der Waals surface area (Å²) < 4.78 is 12.6. The molecule has 1 atom stereocenters. The van der Waals surface area contributed by atoms with E-state index in [1.54, 1.807) is 0 Å². The van der Waals surface area contributed by atoms with Crippen LogP contribution in [0.4, 0.5) is 4.39 Å². The fourth-order valence-corrected chi connectivity index (χ4v) is 0.952. The molecule has 0 saturated heterocycles.